The van der Waals surface area contributed by atoms with Crippen LogP contribution in [0.25, 0.3) is 5.65 Å². The van der Waals surface area contributed by atoms with E-state index >= 15 is 0 Å². The van der Waals surface area contributed by atoms with Crippen LogP contribution in [-0.4, -0.2) is 19.8 Å². The number of nitrogens with zero attached hydrogens (tertiary/aromatic N) is 4. The van der Waals surface area contributed by atoms with E-state index in [9.17, 15) is 0 Å². The first-order valence-electron chi connectivity index (χ1n) is 3.49. The van der Waals surface area contributed by atoms with Crippen LogP contribution in [0.4, 0.5) is 0 Å². The monoisotopic (exact) mass is 147 g/mol. The predicted molar refractivity (Wildman–Crippen MR) is 39.0 cm³/mol. The molecule has 55 valence electrons. The van der Waals surface area contributed by atoms with E-state index < -0.39 is 0 Å². The standard InChI is InChI=1S/C7H7N4/c1-2-6-9-10-7-4-3-5-8-11(6)7/h3-4H,2H2,1H3. The van der Waals surface area contributed by atoms with Crippen molar-refractivity contribution < 1.29 is 0 Å². The maximum atomic E-state index is 3.98. The molecule has 0 saturated heterocycles. The van der Waals surface area contributed by atoms with Gasteiger partial charge < -0.3 is 0 Å². The van der Waals surface area contributed by atoms with Gasteiger partial charge in [-0.15, -0.1) is 10.2 Å². The summed E-state index contributed by atoms with van der Waals surface area (Å²) >= 11 is 0. The molecule has 11 heavy (non-hydrogen) atoms. The lowest BCUT2D eigenvalue weighted by atomic mass is 10.5. The third kappa shape index (κ3) is 0.869. The number of aryl methyl sites for hydroxylation is 1. The van der Waals surface area contributed by atoms with Crippen molar-refractivity contribution in [2.45, 2.75) is 13.3 Å². The van der Waals surface area contributed by atoms with Gasteiger partial charge in [-0.05, 0) is 12.1 Å². The Kier molecular flexibility index (Phi) is 1.31. The smallest absolute Gasteiger partial charge is 0.177 e. The molecule has 0 fully saturated rings. The highest BCUT2D eigenvalue weighted by Crippen LogP contribution is 1.99. The van der Waals surface area contributed by atoms with Crippen LogP contribution >= 0.6 is 0 Å². The van der Waals surface area contributed by atoms with Crippen molar-refractivity contribution in [2.24, 2.45) is 0 Å². The SMILES string of the molecule is CCc1nnc2cc[c]nn12. The molecule has 0 spiro atoms. The van der Waals surface area contributed by atoms with Gasteiger partial charge in [-0.1, -0.05) is 6.92 Å². The maximum Gasteiger partial charge on any atom is 0.177 e. The Labute approximate surface area is 63.9 Å². The number of fused-ring (bicyclic) bond motifs is 1. The quantitative estimate of drug-likeness (QED) is 0.589. The first-order chi connectivity index (χ1) is 5.42. The Morgan fingerprint density at radius 3 is 3.27 bits per heavy atom. The Hall–Kier alpha value is -1.45. The van der Waals surface area contributed by atoms with Gasteiger partial charge in [-0.25, -0.2) is 0 Å². The minimum absolute atomic E-state index is 0.778. The van der Waals surface area contributed by atoms with E-state index in [4.69, 9.17) is 0 Å². The summed E-state index contributed by atoms with van der Waals surface area (Å²) in [4.78, 5) is 0. The van der Waals surface area contributed by atoms with Gasteiger partial charge >= 0.3 is 0 Å². The van der Waals surface area contributed by atoms with Crippen LogP contribution in [0.15, 0.2) is 12.1 Å². The highest BCUT2D eigenvalue weighted by atomic mass is 15.4. The van der Waals surface area contributed by atoms with Crippen LogP contribution in [0.5, 0.6) is 0 Å². The van der Waals surface area contributed by atoms with Crippen molar-refractivity contribution in [1.29, 1.82) is 0 Å². The number of hydrogen-bond acceptors (Lipinski definition) is 3. The molecular formula is C7H7N4. The molecule has 0 aromatic carbocycles. The van der Waals surface area contributed by atoms with Crippen molar-refractivity contribution in [3.63, 3.8) is 0 Å². The van der Waals surface area contributed by atoms with Crippen molar-refractivity contribution in [3.05, 3.63) is 24.2 Å². The minimum Gasteiger partial charge on any atom is -0.197 e. The van der Waals surface area contributed by atoms with E-state index in [-0.39, 0.29) is 0 Å². The first-order valence-corrected chi connectivity index (χ1v) is 3.49. The second-order valence-electron chi connectivity index (χ2n) is 2.20. The second-order valence-corrected chi connectivity index (χ2v) is 2.20. The zero-order valence-electron chi connectivity index (χ0n) is 6.15. The summed E-state index contributed by atoms with van der Waals surface area (Å²) in [7, 11) is 0. The van der Waals surface area contributed by atoms with Gasteiger partial charge in [0.05, 0.1) is 0 Å². The predicted octanol–water partition coefficient (Wildman–Crippen LogP) is 0.487. The Bertz CT molecular complexity index is 365. The van der Waals surface area contributed by atoms with Gasteiger partial charge in [-0.3, -0.25) is 0 Å². The first kappa shape index (κ1) is 6.27. The number of rotatable bonds is 1. The lowest BCUT2D eigenvalue weighted by Gasteiger charge is -1.90. The molecule has 0 aliphatic carbocycles. The summed E-state index contributed by atoms with van der Waals surface area (Å²) in [6.07, 6.45) is 3.57. The molecule has 2 aromatic rings. The van der Waals surface area contributed by atoms with Crippen molar-refractivity contribution in [2.75, 3.05) is 0 Å². The molecule has 2 rings (SSSR count). The van der Waals surface area contributed by atoms with Gasteiger partial charge in [0, 0.05) is 6.42 Å². The summed E-state index contributed by atoms with van der Waals surface area (Å²) in [5.41, 5.74) is 0.778. The van der Waals surface area contributed by atoms with E-state index in [2.05, 4.69) is 21.5 Å². The zero-order valence-corrected chi connectivity index (χ0v) is 6.15. The van der Waals surface area contributed by atoms with E-state index in [0.29, 0.717) is 0 Å². The van der Waals surface area contributed by atoms with Gasteiger partial charge in [-0.2, -0.15) is 9.61 Å². The van der Waals surface area contributed by atoms with Gasteiger partial charge in [0.2, 0.25) is 0 Å². The third-order valence-corrected chi connectivity index (χ3v) is 1.51. The van der Waals surface area contributed by atoms with Gasteiger partial charge in [0.25, 0.3) is 0 Å². The van der Waals surface area contributed by atoms with Crippen LogP contribution in [0, 0.1) is 6.20 Å². The van der Waals surface area contributed by atoms with E-state index in [0.717, 1.165) is 17.9 Å². The number of aromatic nitrogens is 4. The molecule has 0 N–H and O–H groups in total. The summed E-state index contributed by atoms with van der Waals surface area (Å²) in [5, 5.41) is 11.8. The van der Waals surface area contributed by atoms with Crippen LogP contribution < -0.4 is 0 Å². The van der Waals surface area contributed by atoms with E-state index in [1.165, 1.54) is 0 Å². The average molecular weight is 147 g/mol. The zero-order chi connectivity index (χ0) is 7.68. The van der Waals surface area contributed by atoms with Crippen molar-refractivity contribution >= 4 is 5.65 Å². The largest absolute Gasteiger partial charge is 0.197 e. The average Bonchev–Trinajstić information content (AvgIpc) is 2.47. The highest BCUT2D eigenvalue weighted by molar-refractivity contribution is 5.34. The molecule has 0 aliphatic heterocycles. The fraction of sp³-hybridized carbons (Fsp3) is 0.286. The lowest BCUT2D eigenvalue weighted by molar-refractivity contribution is 0.820. The van der Waals surface area contributed by atoms with Gasteiger partial charge in [0.15, 0.2) is 11.5 Å². The maximum absolute atomic E-state index is 3.98. The molecule has 0 amide bonds. The molecule has 0 bridgehead atoms. The molecular weight excluding hydrogens is 140 g/mol. The summed E-state index contributed by atoms with van der Waals surface area (Å²) in [6, 6.07) is 3.56. The lowest BCUT2D eigenvalue weighted by Crippen LogP contribution is -1.95. The van der Waals surface area contributed by atoms with Crippen molar-refractivity contribution in [1.82, 2.24) is 19.8 Å². The van der Waals surface area contributed by atoms with Crippen LogP contribution in [0.3, 0.4) is 0 Å². The summed E-state index contributed by atoms with van der Waals surface area (Å²) < 4.78 is 1.69. The third-order valence-electron chi connectivity index (χ3n) is 1.51. The Morgan fingerprint density at radius 1 is 1.55 bits per heavy atom. The van der Waals surface area contributed by atoms with Crippen molar-refractivity contribution in [3.8, 4) is 0 Å². The van der Waals surface area contributed by atoms with E-state index in [1.54, 1.807) is 10.6 Å². The second kappa shape index (κ2) is 2.30. The molecule has 2 aromatic heterocycles. The molecule has 0 unspecified atom stereocenters. The molecule has 4 nitrogen and oxygen atoms in total. The molecule has 2 heterocycles. The van der Waals surface area contributed by atoms with Crippen LogP contribution in [0.2, 0.25) is 0 Å². The Morgan fingerprint density at radius 2 is 2.45 bits per heavy atom. The fourth-order valence-corrected chi connectivity index (χ4v) is 0.962. The molecule has 1 radical (unpaired) electrons. The molecule has 0 aliphatic rings. The molecule has 0 saturated carbocycles. The van der Waals surface area contributed by atoms with Gasteiger partial charge in [0.1, 0.15) is 6.20 Å². The summed E-state index contributed by atoms with van der Waals surface area (Å²) in [6.45, 7) is 2.02. The normalized spacial score (nSPS) is 10.6. The number of hydrogen-bond donors (Lipinski definition) is 0. The van der Waals surface area contributed by atoms with Crippen LogP contribution in [0.1, 0.15) is 12.7 Å². The topological polar surface area (TPSA) is 43.1 Å². The Balaban J connectivity index is 2.76. The molecule has 0 atom stereocenters. The van der Waals surface area contributed by atoms with Crippen LogP contribution in [-0.2, 0) is 6.42 Å². The fourth-order valence-electron chi connectivity index (χ4n) is 0.962. The summed E-state index contributed by atoms with van der Waals surface area (Å²) in [5.74, 6) is 0.872. The highest BCUT2D eigenvalue weighted by Gasteiger charge is 2.00. The molecule has 4 heteroatoms. The van der Waals surface area contributed by atoms with E-state index in [1.807, 2.05) is 13.0 Å². The minimum atomic E-state index is 0.778.